The van der Waals surface area contributed by atoms with Gasteiger partial charge < -0.3 is 0 Å². The lowest BCUT2D eigenvalue weighted by Gasteiger charge is -1.90. The number of rotatable bonds is 0. The Hall–Kier alpha value is -1.58. The second kappa shape index (κ2) is 4.60. The lowest BCUT2D eigenvalue weighted by Crippen LogP contribution is -1.91. The van der Waals surface area contributed by atoms with Crippen LogP contribution in [0.2, 0.25) is 0 Å². The molecule has 4 heteroatoms. The molecule has 4 nitrogen and oxygen atoms in total. The van der Waals surface area contributed by atoms with Crippen LogP contribution in [-0.4, -0.2) is 19.6 Å². The second-order valence-electron chi connectivity index (χ2n) is 3.22. The fraction of sp³-hybridized carbons (Fsp3) is 0.400. The van der Waals surface area contributed by atoms with E-state index in [4.69, 9.17) is 0 Å². The lowest BCUT2D eigenvalue weighted by molar-refractivity contribution is 0.739. The smallest absolute Gasteiger partial charge is 0.0521 e. The molecule has 0 atom stereocenters. The van der Waals surface area contributed by atoms with Crippen LogP contribution in [-0.2, 0) is 14.1 Å². The van der Waals surface area contributed by atoms with E-state index in [9.17, 15) is 0 Å². The van der Waals surface area contributed by atoms with Crippen molar-refractivity contribution in [3.05, 3.63) is 35.9 Å². The minimum atomic E-state index is 1.24. The summed E-state index contributed by atoms with van der Waals surface area (Å²) in [4.78, 5) is 0. The highest BCUT2D eigenvalue weighted by Gasteiger charge is 1.93. The van der Waals surface area contributed by atoms with Crippen LogP contribution >= 0.6 is 0 Å². The predicted molar refractivity (Wildman–Crippen MR) is 55.9 cm³/mol. The monoisotopic (exact) mass is 192 g/mol. The van der Waals surface area contributed by atoms with E-state index < -0.39 is 0 Å². The molecule has 76 valence electrons. The molecule has 14 heavy (non-hydrogen) atoms. The fourth-order valence-electron chi connectivity index (χ4n) is 0.954. The molecule has 0 bridgehead atoms. The molecule has 0 saturated heterocycles. The van der Waals surface area contributed by atoms with Crippen LogP contribution < -0.4 is 0 Å². The molecular weight excluding hydrogens is 176 g/mol. The standard InChI is InChI=1S/C6H10N2.C4H6N2/c1-5-4-7-8(3)6(5)2;1-6-4-2-3-5-6/h4H,1-3H3;2-4H,1H3. The molecule has 0 spiro atoms. The summed E-state index contributed by atoms with van der Waals surface area (Å²) in [6, 6.07) is 1.89. The van der Waals surface area contributed by atoms with E-state index in [0.717, 1.165) is 0 Å². The maximum absolute atomic E-state index is 4.03. The van der Waals surface area contributed by atoms with Gasteiger partial charge in [-0.1, -0.05) is 0 Å². The van der Waals surface area contributed by atoms with Crippen LogP contribution in [0.25, 0.3) is 0 Å². The number of aromatic nitrogens is 4. The van der Waals surface area contributed by atoms with Crippen molar-refractivity contribution < 1.29 is 0 Å². The Morgan fingerprint density at radius 3 is 2.00 bits per heavy atom. The van der Waals surface area contributed by atoms with Crippen molar-refractivity contribution in [3.8, 4) is 0 Å². The summed E-state index contributed by atoms with van der Waals surface area (Å²) < 4.78 is 3.62. The summed E-state index contributed by atoms with van der Waals surface area (Å²) in [5, 5.41) is 7.87. The van der Waals surface area contributed by atoms with E-state index in [-0.39, 0.29) is 0 Å². The molecular formula is C10H16N4. The van der Waals surface area contributed by atoms with E-state index in [1.54, 1.807) is 10.9 Å². The van der Waals surface area contributed by atoms with Gasteiger partial charge >= 0.3 is 0 Å². The molecule has 0 N–H and O–H groups in total. The number of aryl methyl sites for hydroxylation is 3. The normalized spacial score (nSPS) is 9.43. The fourth-order valence-corrected chi connectivity index (χ4v) is 0.954. The Labute approximate surface area is 84.2 Å². The highest BCUT2D eigenvalue weighted by molar-refractivity contribution is 5.12. The molecule has 2 aromatic rings. The number of nitrogens with zero attached hydrogens (tertiary/aromatic N) is 4. The van der Waals surface area contributed by atoms with Crippen LogP contribution in [0.15, 0.2) is 24.7 Å². The third-order valence-corrected chi connectivity index (χ3v) is 2.12. The highest BCUT2D eigenvalue weighted by Crippen LogP contribution is 2.00. The topological polar surface area (TPSA) is 35.6 Å². The van der Waals surface area contributed by atoms with Crippen molar-refractivity contribution in [1.29, 1.82) is 0 Å². The van der Waals surface area contributed by atoms with Crippen LogP contribution in [0.5, 0.6) is 0 Å². The molecule has 0 aliphatic rings. The molecule has 0 amide bonds. The average molecular weight is 192 g/mol. The van der Waals surface area contributed by atoms with E-state index >= 15 is 0 Å². The van der Waals surface area contributed by atoms with Gasteiger partial charge in [-0.2, -0.15) is 10.2 Å². The van der Waals surface area contributed by atoms with Gasteiger partial charge in [0.1, 0.15) is 0 Å². The summed E-state index contributed by atoms with van der Waals surface area (Å²) in [6.07, 6.45) is 5.51. The first-order chi connectivity index (χ1) is 6.61. The molecule has 0 fully saturated rings. The van der Waals surface area contributed by atoms with E-state index in [2.05, 4.69) is 24.0 Å². The van der Waals surface area contributed by atoms with Gasteiger partial charge in [0.2, 0.25) is 0 Å². The van der Waals surface area contributed by atoms with Gasteiger partial charge in [0, 0.05) is 32.2 Å². The van der Waals surface area contributed by atoms with Crippen LogP contribution in [0.3, 0.4) is 0 Å². The molecule has 2 heterocycles. The number of hydrogen-bond donors (Lipinski definition) is 0. The minimum Gasteiger partial charge on any atom is -0.276 e. The Kier molecular flexibility index (Phi) is 3.45. The number of hydrogen-bond acceptors (Lipinski definition) is 2. The van der Waals surface area contributed by atoms with Crippen molar-refractivity contribution in [2.75, 3.05) is 0 Å². The van der Waals surface area contributed by atoms with Gasteiger partial charge in [-0.25, -0.2) is 0 Å². The predicted octanol–water partition coefficient (Wildman–Crippen LogP) is 1.46. The molecule has 0 aliphatic carbocycles. The minimum absolute atomic E-state index is 1.24. The molecule has 2 aromatic heterocycles. The van der Waals surface area contributed by atoms with Crippen LogP contribution in [0, 0.1) is 13.8 Å². The molecule has 2 rings (SSSR count). The zero-order chi connectivity index (χ0) is 10.6. The van der Waals surface area contributed by atoms with Crippen molar-refractivity contribution in [1.82, 2.24) is 19.6 Å². The Morgan fingerprint density at radius 2 is 1.86 bits per heavy atom. The van der Waals surface area contributed by atoms with Gasteiger partial charge in [-0.05, 0) is 25.5 Å². The zero-order valence-corrected chi connectivity index (χ0v) is 9.10. The lowest BCUT2D eigenvalue weighted by atomic mass is 10.3. The summed E-state index contributed by atoms with van der Waals surface area (Å²) in [6.45, 7) is 4.12. The average Bonchev–Trinajstić information content (AvgIpc) is 2.73. The SMILES string of the molecule is Cc1cnn(C)c1C.Cn1cccn1. The highest BCUT2D eigenvalue weighted by atomic mass is 15.3. The van der Waals surface area contributed by atoms with E-state index in [1.165, 1.54) is 11.3 Å². The van der Waals surface area contributed by atoms with E-state index in [0.29, 0.717) is 0 Å². The summed E-state index contributed by atoms with van der Waals surface area (Å²) in [7, 11) is 3.84. The van der Waals surface area contributed by atoms with Crippen molar-refractivity contribution in [2.45, 2.75) is 13.8 Å². The quantitative estimate of drug-likeness (QED) is 0.633. The molecule has 0 aromatic carbocycles. The second-order valence-corrected chi connectivity index (χ2v) is 3.22. The summed E-state index contributed by atoms with van der Waals surface area (Å²) in [5.74, 6) is 0. The zero-order valence-electron chi connectivity index (χ0n) is 9.10. The van der Waals surface area contributed by atoms with Gasteiger partial charge in [0.25, 0.3) is 0 Å². The van der Waals surface area contributed by atoms with Crippen molar-refractivity contribution in [3.63, 3.8) is 0 Å². The van der Waals surface area contributed by atoms with Gasteiger partial charge in [-0.3, -0.25) is 9.36 Å². The van der Waals surface area contributed by atoms with Gasteiger partial charge in [-0.15, -0.1) is 0 Å². The third-order valence-electron chi connectivity index (χ3n) is 2.12. The van der Waals surface area contributed by atoms with Gasteiger partial charge in [0.15, 0.2) is 0 Å². The Balaban J connectivity index is 0.000000146. The maximum Gasteiger partial charge on any atom is 0.0521 e. The summed E-state index contributed by atoms with van der Waals surface area (Å²) in [5.41, 5.74) is 2.50. The largest absolute Gasteiger partial charge is 0.276 e. The van der Waals surface area contributed by atoms with E-state index in [1.807, 2.05) is 37.2 Å². The first-order valence-corrected chi connectivity index (χ1v) is 4.50. The summed E-state index contributed by atoms with van der Waals surface area (Å²) >= 11 is 0. The van der Waals surface area contributed by atoms with Crippen LogP contribution in [0.4, 0.5) is 0 Å². The van der Waals surface area contributed by atoms with Crippen molar-refractivity contribution in [2.24, 2.45) is 14.1 Å². The first-order valence-electron chi connectivity index (χ1n) is 4.50. The van der Waals surface area contributed by atoms with Gasteiger partial charge in [0.05, 0.1) is 6.20 Å². The molecule has 0 unspecified atom stereocenters. The Bertz CT molecular complexity index is 353. The Morgan fingerprint density at radius 1 is 1.14 bits per heavy atom. The molecule has 0 aliphatic heterocycles. The first kappa shape index (κ1) is 10.5. The van der Waals surface area contributed by atoms with Crippen molar-refractivity contribution >= 4 is 0 Å². The molecule has 0 saturated carbocycles. The molecule has 0 radical (unpaired) electrons. The maximum atomic E-state index is 4.03. The van der Waals surface area contributed by atoms with Crippen LogP contribution in [0.1, 0.15) is 11.3 Å². The third kappa shape index (κ3) is 2.73.